The van der Waals surface area contributed by atoms with Gasteiger partial charge >= 0.3 is 39.5 Å². The van der Waals surface area contributed by atoms with E-state index in [4.69, 9.17) is 37.0 Å². The Morgan fingerprint density at radius 3 is 0.747 bits per heavy atom. The Bertz CT molecular complexity index is 1750. The van der Waals surface area contributed by atoms with Crippen LogP contribution >= 0.6 is 15.6 Å². The summed E-state index contributed by atoms with van der Waals surface area (Å²) in [4.78, 5) is 72.1. The highest BCUT2D eigenvalue weighted by atomic mass is 31.2. The van der Waals surface area contributed by atoms with Crippen LogP contribution in [0.2, 0.25) is 0 Å². The van der Waals surface area contributed by atoms with Gasteiger partial charge in [0, 0.05) is 25.7 Å². The zero-order valence-corrected chi connectivity index (χ0v) is 60.8. The highest BCUT2D eigenvalue weighted by molar-refractivity contribution is 7.47. The number of rotatable bonds is 72. The van der Waals surface area contributed by atoms with Crippen LogP contribution in [0.15, 0.2) is 0 Å². The molecule has 0 saturated carbocycles. The number of hydrogen-bond donors (Lipinski definition) is 3. The van der Waals surface area contributed by atoms with E-state index in [-0.39, 0.29) is 25.7 Å². The van der Waals surface area contributed by atoms with Crippen LogP contribution in [0, 0.1) is 5.92 Å². The molecule has 0 heterocycles. The molecule has 2 unspecified atom stereocenters. The van der Waals surface area contributed by atoms with E-state index in [0.717, 1.165) is 115 Å². The lowest BCUT2D eigenvalue weighted by Gasteiger charge is -2.21. The van der Waals surface area contributed by atoms with Gasteiger partial charge in [-0.2, -0.15) is 0 Å². The van der Waals surface area contributed by atoms with Crippen LogP contribution in [0.3, 0.4) is 0 Å². The fourth-order valence-electron chi connectivity index (χ4n) is 11.0. The van der Waals surface area contributed by atoms with Gasteiger partial charge in [-0.05, 0) is 31.6 Å². The molecule has 0 aromatic heterocycles. The fourth-order valence-corrected chi connectivity index (χ4v) is 12.6. The van der Waals surface area contributed by atoms with Crippen LogP contribution in [0.1, 0.15) is 375 Å². The molecule has 0 rings (SSSR count). The van der Waals surface area contributed by atoms with E-state index < -0.39 is 97.5 Å². The van der Waals surface area contributed by atoms with E-state index in [2.05, 4.69) is 34.6 Å². The SMILES string of the molecule is CCCCCCCCCCCCCCCCCCCCCCCC(=O)O[C@H](COC(=O)CCCCCCCCCCCCCCCCCC(C)C)COP(=O)(O)OC[C@@H](O)COP(=O)(O)OC[C@@H](COC(=O)CCCCCCC)OC(=O)CCCCCCCCC. The van der Waals surface area contributed by atoms with E-state index >= 15 is 0 Å². The predicted molar refractivity (Wildman–Crippen MR) is 368 cm³/mol. The maximum atomic E-state index is 13.1. The number of esters is 4. The first-order valence-electron chi connectivity index (χ1n) is 37.6. The molecule has 17 nitrogen and oxygen atoms in total. The molecule has 0 bridgehead atoms. The number of phosphoric acid groups is 2. The van der Waals surface area contributed by atoms with Crippen molar-refractivity contribution in [1.29, 1.82) is 0 Å². The number of aliphatic hydroxyl groups is 1. The molecule has 0 aliphatic heterocycles. The normalized spacial score (nSPS) is 14.0. The summed E-state index contributed by atoms with van der Waals surface area (Å²) >= 11 is 0. The highest BCUT2D eigenvalue weighted by Gasteiger charge is 2.30. The maximum Gasteiger partial charge on any atom is 0.472 e. The molecular weight excluding hydrogens is 1200 g/mol. The third kappa shape index (κ3) is 66.5. The summed E-state index contributed by atoms with van der Waals surface area (Å²) in [5.41, 5.74) is 0. The highest BCUT2D eigenvalue weighted by Crippen LogP contribution is 2.45. The van der Waals surface area contributed by atoms with Gasteiger partial charge in [0.05, 0.1) is 26.4 Å². The topological polar surface area (TPSA) is 237 Å². The first kappa shape index (κ1) is 89.1. The van der Waals surface area contributed by atoms with Gasteiger partial charge in [-0.3, -0.25) is 37.3 Å². The minimum absolute atomic E-state index is 0.103. The van der Waals surface area contributed by atoms with Crippen LogP contribution in [0.25, 0.3) is 0 Å². The predicted octanol–water partition coefficient (Wildman–Crippen LogP) is 20.9. The summed E-state index contributed by atoms with van der Waals surface area (Å²) in [5, 5.41) is 10.5. The fraction of sp³-hybridized carbons (Fsp3) is 0.944. The van der Waals surface area contributed by atoms with Crippen LogP contribution in [-0.2, 0) is 65.4 Å². The molecule has 0 aromatic rings. The maximum absolute atomic E-state index is 13.1. The third-order valence-electron chi connectivity index (χ3n) is 16.8. The average Bonchev–Trinajstić information content (AvgIpc) is 3.54. The van der Waals surface area contributed by atoms with Gasteiger partial charge in [-0.15, -0.1) is 0 Å². The van der Waals surface area contributed by atoms with E-state index in [9.17, 15) is 43.2 Å². The largest absolute Gasteiger partial charge is 0.472 e. The van der Waals surface area contributed by atoms with Crippen molar-refractivity contribution in [3.05, 3.63) is 0 Å². The molecule has 3 N–H and O–H groups in total. The van der Waals surface area contributed by atoms with Crippen LogP contribution in [-0.4, -0.2) is 96.7 Å². The minimum Gasteiger partial charge on any atom is -0.462 e. The number of hydrogen-bond acceptors (Lipinski definition) is 15. The molecule has 5 atom stereocenters. The monoisotopic (exact) mass is 1340 g/mol. The lowest BCUT2D eigenvalue weighted by atomic mass is 10.0. The summed E-state index contributed by atoms with van der Waals surface area (Å²) in [6.07, 6.45) is 53.5. The zero-order valence-electron chi connectivity index (χ0n) is 59.0. The summed E-state index contributed by atoms with van der Waals surface area (Å²) < 4.78 is 68.0. The minimum atomic E-state index is -4.95. The Morgan fingerprint density at radius 2 is 0.505 bits per heavy atom. The number of unbranched alkanes of at least 4 members (excludes halogenated alkanes) is 44. The zero-order chi connectivity index (χ0) is 67.0. The molecule has 0 fully saturated rings. The number of carbonyl (C=O) groups is 4. The standard InChI is InChI=1S/C72H140O17P2/c1-6-9-12-15-17-18-19-20-21-22-23-24-25-26-29-33-36-39-43-48-53-58-72(77)89-68(62-83-70(75)56-51-46-42-38-35-32-30-27-28-31-34-37-41-45-49-54-65(4)5)64-87-91(80,81)85-60-66(73)59-84-90(78,79)86-63-67(61-82-69(74)55-50-44-14-11-8-3)88-71(76)57-52-47-40-16-13-10-7-2/h65-68,73H,6-64H2,1-5H3,(H,78,79)(H,80,81)/t66-,67+,68+/m0/s1. The lowest BCUT2D eigenvalue weighted by Crippen LogP contribution is -2.30. The van der Waals surface area contributed by atoms with Crippen molar-refractivity contribution in [3.63, 3.8) is 0 Å². The van der Waals surface area contributed by atoms with Crippen molar-refractivity contribution in [2.45, 2.75) is 393 Å². The van der Waals surface area contributed by atoms with Crippen molar-refractivity contribution >= 4 is 39.5 Å². The summed E-state index contributed by atoms with van der Waals surface area (Å²) in [5.74, 6) is -1.33. The van der Waals surface area contributed by atoms with Gasteiger partial charge < -0.3 is 33.8 Å². The summed E-state index contributed by atoms with van der Waals surface area (Å²) in [6, 6.07) is 0. The Morgan fingerprint density at radius 1 is 0.297 bits per heavy atom. The average molecular weight is 1340 g/mol. The quantitative estimate of drug-likeness (QED) is 0.0222. The molecule has 0 radical (unpaired) electrons. The molecule has 0 aliphatic rings. The Balaban J connectivity index is 5.07. The molecule has 540 valence electrons. The van der Waals surface area contributed by atoms with Crippen molar-refractivity contribution in [3.8, 4) is 0 Å². The Hall–Kier alpha value is -1.94. The van der Waals surface area contributed by atoms with Crippen LogP contribution in [0.4, 0.5) is 0 Å². The van der Waals surface area contributed by atoms with E-state index in [0.29, 0.717) is 25.7 Å². The van der Waals surface area contributed by atoms with Gasteiger partial charge in [0.2, 0.25) is 0 Å². The number of ether oxygens (including phenoxy) is 4. The summed E-state index contributed by atoms with van der Waals surface area (Å²) in [7, 11) is -9.88. The second-order valence-electron chi connectivity index (χ2n) is 26.5. The summed E-state index contributed by atoms with van der Waals surface area (Å²) in [6.45, 7) is 7.15. The molecule has 0 amide bonds. The van der Waals surface area contributed by atoms with Gasteiger partial charge in [-0.1, -0.05) is 324 Å². The van der Waals surface area contributed by atoms with E-state index in [1.165, 1.54) is 180 Å². The molecule has 0 aliphatic carbocycles. The molecule has 19 heteroatoms. The lowest BCUT2D eigenvalue weighted by molar-refractivity contribution is -0.161. The molecule has 0 spiro atoms. The van der Waals surface area contributed by atoms with Crippen molar-refractivity contribution in [2.75, 3.05) is 39.6 Å². The van der Waals surface area contributed by atoms with Crippen molar-refractivity contribution < 1.29 is 80.2 Å². The second kappa shape index (κ2) is 65.4. The van der Waals surface area contributed by atoms with E-state index in [1.54, 1.807) is 0 Å². The Labute approximate surface area is 556 Å². The number of aliphatic hydroxyl groups excluding tert-OH is 1. The molecular formula is C72H140O17P2. The smallest absolute Gasteiger partial charge is 0.462 e. The first-order chi connectivity index (χ1) is 44.0. The van der Waals surface area contributed by atoms with Crippen LogP contribution < -0.4 is 0 Å². The van der Waals surface area contributed by atoms with Gasteiger partial charge in [0.1, 0.15) is 19.3 Å². The van der Waals surface area contributed by atoms with Crippen molar-refractivity contribution in [2.24, 2.45) is 5.92 Å². The van der Waals surface area contributed by atoms with Gasteiger partial charge in [-0.25, -0.2) is 9.13 Å². The second-order valence-corrected chi connectivity index (χ2v) is 29.4. The molecule has 0 aromatic carbocycles. The van der Waals surface area contributed by atoms with Gasteiger partial charge in [0.15, 0.2) is 12.2 Å². The molecule has 0 saturated heterocycles. The van der Waals surface area contributed by atoms with Crippen molar-refractivity contribution in [1.82, 2.24) is 0 Å². The number of phosphoric ester groups is 2. The van der Waals surface area contributed by atoms with Crippen LogP contribution in [0.5, 0.6) is 0 Å². The molecule has 91 heavy (non-hydrogen) atoms. The Kier molecular flexibility index (Phi) is 64.0. The van der Waals surface area contributed by atoms with Gasteiger partial charge in [0.25, 0.3) is 0 Å². The third-order valence-corrected chi connectivity index (χ3v) is 18.7. The number of carbonyl (C=O) groups excluding carboxylic acids is 4. The first-order valence-corrected chi connectivity index (χ1v) is 40.6. The van der Waals surface area contributed by atoms with E-state index in [1.807, 2.05) is 0 Å².